The minimum absolute atomic E-state index is 0.0385. The molecule has 9 heteroatoms. The van der Waals surface area contributed by atoms with Crippen molar-refractivity contribution in [3.63, 3.8) is 0 Å². The van der Waals surface area contributed by atoms with Crippen molar-refractivity contribution >= 4 is 55.7 Å². The lowest BCUT2D eigenvalue weighted by molar-refractivity contribution is -0.113. The molecule has 1 fully saturated rings. The fourth-order valence-corrected chi connectivity index (χ4v) is 5.93. The topological polar surface area (TPSA) is 76.9 Å². The van der Waals surface area contributed by atoms with E-state index in [-0.39, 0.29) is 23.3 Å². The number of thiophene rings is 1. The predicted octanol–water partition coefficient (Wildman–Crippen LogP) is 4.38. The molecular weight excluding hydrogens is 400 g/mol. The van der Waals surface area contributed by atoms with Crippen LogP contribution in [0.25, 0.3) is 10.2 Å². The van der Waals surface area contributed by atoms with Crippen LogP contribution in [0.5, 0.6) is 0 Å². The third-order valence-electron chi connectivity index (χ3n) is 4.90. The molecule has 0 saturated heterocycles. The number of nitrogens with zero attached hydrogens (tertiary/aromatic N) is 3. The van der Waals surface area contributed by atoms with Gasteiger partial charge in [0.1, 0.15) is 4.83 Å². The van der Waals surface area contributed by atoms with Crippen LogP contribution in [-0.2, 0) is 4.79 Å². The summed E-state index contributed by atoms with van der Waals surface area (Å²) in [6.45, 7) is 4.01. The van der Waals surface area contributed by atoms with Crippen LogP contribution in [0.1, 0.15) is 42.2 Å². The average Bonchev–Trinajstić information content (AvgIpc) is 3.37. The number of rotatable bonds is 5. The second kappa shape index (κ2) is 7.73. The van der Waals surface area contributed by atoms with Crippen molar-refractivity contribution in [3.8, 4) is 0 Å². The molecule has 0 radical (unpaired) electrons. The van der Waals surface area contributed by atoms with Crippen LogP contribution in [0.2, 0.25) is 0 Å². The third-order valence-corrected chi connectivity index (χ3v) is 7.65. The first-order valence-corrected chi connectivity index (χ1v) is 11.6. The van der Waals surface area contributed by atoms with E-state index in [9.17, 15) is 9.59 Å². The van der Waals surface area contributed by atoms with Crippen molar-refractivity contribution in [1.29, 1.82) is 0 Å². The second-order valence-electron chi connectivity index (χ2n) is 6.65. The number of hydrogen-bond acceptors (Lipinski definition) is 7. The Morgan fingerprint density at radius 2 is 2.15 bits per heavy atom. The third kappa shape index (κ3) is 3.68. The van der Waals surface area contributed by atoms with Crippen molar-refractivity contribution in [2.24, 2.45) is 0 Å². The number of thiazole rings is 1. The zero-order chi connectivity index (χ0) is 19.0. The first-order valence-electron chi connectivity index (χ1n) is 8.89. The maximum Gasteiger partial charge on any atom is 0.263 e. The fourth-order valence-electron chi connectivity index (χ4n) is 3.44. The van der Waals surface area contributed by atoms with Crippen LogP contribution in [0.15, 0.2) is 21.5 Å². The Morgan fingerprint density at radius 1 is 1.37 bits per heavy atom. The lowest BCUT2D eigenvalue weighted by Crippen LogP contribution is -2.27. The van der Waals surface area contributed by atoms with Gasteiger partial charge >= 0.3 is 0 Å². The molecule has 0 spiro atoms. The first-order chi connectivity index (χ1) is 13.0. The van der Waals surface area contributed by atoms with E-state index < -0.39 is 0 Å². The van der Waals surface area contributed by atoms with Crippen molar-refractivity contribution in [2.75, 3.05) is 11.1 Å². The molecule has 27 heavy (non-hydrogen) atoms. The van der Waals surface area contributed by atoms with Crippen LogP contribution in [0, 0.1) is 13.8 Å². The standard InChI is InChI=1S/C18H20N4O2S3/c1-10-11(2)27-15-14(10)16(24)22(12-5-3-4-6-12)18(21-15)26-9-13(23)20-17-19-7-8-25-17/h7-8,12H,3-6,9H2,1-2H3,(H,19,20,23). The Morgan fingerprint density at radius 3 is 2.85 bits per heavy atom. The van der Waals surface area contributed by atoms with E-state index in [1.54, 1.807) is 17.5 Å². The minimum Gasteiger partial charge on any atom is -0.301 e. The van der Waals surface area contributed by atoms with Gasteiger partial charge in [0, 0.05) is 22.5 Å². The van der Waals surface area contributed by atoms with Crippen molar-refractivity contribution in [2.45, 2.75) is 50.7 Å². The maximum atomic E-state index is 13.3. The number of fused-ring (bicyclic) bond motifs is 1. The van der Waals surface area contributed by atoms with Crippen molar-refractivity contribution in [3.05, 3.63) is 32.4 Å². The Bertz CT molecular complexity index is 1030. The van der Waals surface area contributed by atoms with Crippen molar-refractivity contribution < 1.29 is 4.79 Å². The molecule has 1 aliphatic carbocycles. The number of amides is 1. The van der Waals surface area contributed by atoms with Gasteiger partial charge in [-0.25, -0.2) is 9.97 Å². The van der Waals surface area contributed by atoms with Gasteiger partial charge in [-0.1, -0.05) is 24.6 Å². The monoisotopic (exact) mass is 420 g/mol. The molecule has 0 bridgehead atoms. The average molecular weight is 421 g/mol. The van der Waals surface area contributed by atoms with E-state index in [1.165, 1.54) is 23.1 Å². The second-order valence-corrected chi connectivity index (χ2v) is 9.69. The van der Waals surface area contributed by atoms with E-state index in [1.807, 2.05) is 23.8 Å². The van der Waals surface area contributed by atoms with Gasteiger partial charge in [0.15, 0.2) is 10.3 Å². The van der Waals surface area contributed by atoms with Crippen molar-refractivity contribution in [1.82, 2.24) is 14.5 Å². The van der Waals surface area contributed by atoms with Gasteiger partial charge in [-0.2, -0.15) is 0 Å². The van der Waals surface area contributed by atoms with E-state index >= 15 is 0 Å². The van der Waals surface area contributed by atoms with Gasteiger partial charge in [0.05, 0.1) is 11.1 Å². The molecule has 0 aliphatic heterocycles. The van der Waals surface area contributed by atoms with Gasteiger partial charge in [-0.15, -0.1) is 22.7 Å². The highest BCUT2D eigenvalue weighted by Gasteiger charge is 2.25. The highest BCUT2D eigenvalue weighted by atomic mass is 32.2. The van der Waals surface area contributed by atoms with Crippen LogP contribution in [0.4, 0.5) is 5.13 Å². The van der Waals surface area contributed by atoms with E-state index in [2.05, 4.69) is 10.3 Å². The summed E-state index contributed by atoms with van der Waals surface area (Å²) in [6, 6.07) is 0.179. The molecule has 142 valence electrons. The van der Waals surface area contributed by atoms with Gasteiger partial charge in [0.25, 0.3) is 5.56 Å². The molecular formula is C18H20N4O2S3. The summed E-state index contributed by atoms with van der Waals surface area (Å²) in [6.07, 6.45) is 5.90. The number of hydrogen-bond donors (Lipinski definition) is 1. The molecule has 1 saturated carbocycles. The molecule has 3 heterocycles. The molecule has 0 atom stereocenters. The number of anilines is 1. The summed E-state index contributed by atoms with van der Waals surface area (Å²) < 4.78 is 1.84. The van der Waals surface area contributed by atoms with E-state index in [0.717, 1.165) is 46.3 Å². The number of carbonyl (C=O) groups excluding carboxylic acids is 1. The van der Waals surface area contributed by atoms with E-state index in [4.69, 9.17) is 4.98 Å². The summed E-state index contributed by atoms with van der Waals surface area (Å²) >= 11 is 4.26. The number of aromatic nitrogens is 3. The first kappa shape index (κ1) is 18.6. The number of thioether (sulfide) groups is 1. The minimum atomic E-state index is -0.138. The smallest absolute Gasteiger partial charge is 0.263 e. The molecule has 6 nitrogen and oxygen atoms in total. The number of carbonyl (C=O) groups is 1. The summed E-state index contributed by atoms with van der Waals surface area (Å²) in [5, 5.41) is 6.57. The SMILES string of the molecule is Cc1sc2nc(SCC(=O)Nc3nccs3)n(C3CCCC3)c(=O)c2c1C. The Balaban J connectivity index is 1.66. The molecule has 3 aromatic rings. The molecule has 1 aliphatic rings. The Kier molecular flexibility index (Phi) is 5.34. The fraction of sp³-hybridized carbons (Fsp3) is 0.444. The Hall–Kier alpha value is -1.71. The summed E-state index contributed by atoms with van der Waals surface area (Å²) in [5.74, 6) is 0.0638. The normalized spacial score (nSPS) is 14.9. The summed E-state index contributed by atoms with van der Waals surface area (Å²) in [5.41, 5.74) is 1.06. The van der Waals surface area contributed by atoms with Gasteiger partial charge in [-0.05, 0) is 32.3 Å². The van der Waals surface area contributed by atoms with Crippen LogP contribution in [0.3, 0.4) is 0 Å². The number of nitrogens with one attached hydrogen (secondary N) is 1. The highest BCUT2D eigenvalue weighted by Crippen LogP contribution is 2.34. The molecule has 4 rings (SSSR count). The van der Waals surface area contributed by atoms with Crippen LogP contribution in [-0.4, -0.2) is 26.2 Å². The lowest BCUT2D eigenvalue weighted by Gasteiger charge is -2.17. The van der Waals surface area contributed by atoms with Gasteiger partial charge in [-0.3, -0.25) is 14.2 Å². The summed E-state index contributed by atoms with van der Waals surface area (Å²) in [4.78, 5) is 36.3. The van der Waals surface area contributed by atoms with Gasteiger partial charge in [0.2, 0.25) is 5.91 Å². The molecule has 1 amide bonds. The zero-order valence-corrected chi connectivity index (χ0v) is 17.6. The molecule has 0 unspecified atom stereocenters. The van der Waals surface area contributed by atoms with Gasteiger partial charge < -0.3 is 5.32 Å². The quantitative estimate of drug-likeness (QED) is 0.490. The lowest BCUT2D eigenvalue weighted by atomic mass is 10.2. The Labute approximate surface area is 169 Å². The maximum absolute atomic E-state index is 13.3. The number of aryl methyl sites for hydroxylation is 2. The molecule has 0 aromatic carbocycles. The predicted molar refractivity (Wildman–Crippen MR) is 112 cm³/mol. The zero-order valence-electron chi connectivity index (χ0n) is 15.2. The molecule has 3 aromatic heterocycles. The van der Waals surface area contributed by atoms with Crippen LogP contribution < -0.4 is 10.9 Å². The van der Waals surface area contributed by atoms with E-state index in [0.29, 0.717) is 10.3 Å². The highest BCUT2D eigenvalue weighted by molar-refractivity contribution is 7.99. The summed E-state index contributed by atoms with van der Waals surface area (Å²) in [7, 11) is 0. The largest absolute Gasteiger partial charge is 0.301 e. The molecule has 1 N–H and O–H groups in total. The van der Waals surface area contributed by atoms with Crippen LogP contribution >= 0.6 is 34.4 Å².